The standard InChI is InChI=1S/C12H11ClN2O3S/c13-9-3-1-2-8(6-9)12-14-10(18-15-12)7-19-5-4-11(16)17/h1-3,6H,4-5,7H2,(H,16,17). The molecule has 19 heavy (non-hydrogen) atoms. The average Bonchev–Trinajstić information content (AvgIpc) is 2.83. The molecule has 1 N–H and O–H groups in total. The number of thioether (sulfide) groups is 1. The van der Waals surface area contributed by atoms with Crippen molar-refractivity contribution >= 4 is 29.3 Å². The summed E-state index contributed by atoms with van der Waals surface area (Å²) < 4.78 is 5.09. The molecule has 1 aromatic heterocycles. The maximum atomic E-state index is 10.4. The van der Waals surface area contributed by atoms with Gasteiger partial charge in [0.2, 0.25) is 11.7 Å². The number of aliphatic carboxylic acids is 1. The highest BCUT2D eigenvalue weighted by atomic mass is 35.5. The number of aromatic nitrogens is 2. The molecule has 2 aromatic rings. The molecule has 1 aromatic carbocycles. The Kier molecular flexibility index (Phi) is 4.81. The van der Waals surface area contributed by atoms with Crippen molar-refractivity contribution in [3.05, 3.63) is 35.2 Å². The Hall–Kier alpha value is -1.53. The lowest BCUT2D eigenvalue weighted by atomic mass is 10.2. The summed E-state index contributed by atoms with van der Waals surface area (Å²) in [4.78, 5) is 14.6. The molecule has 0 atom stereocenters. The molecular weight excluding hydrogens is 288 g/mol. The smallest absolute Gasteiger partial charge is 0.304 e. The van der Waals surface area contributed by atoms with Gasteiger partial charge < -0.3 is 9.63 Å². The second-order valence-electron chi connectivity index (χ2n) is 3.72. The van der Waals surface area contributed by atoms with Gasteiger partial charge in [0.1, 0.15) is 0 Å². The van der Waals surface area contributed by atoms with Gasteiger partial charge in [0.25, 0.3) is 0 Å². The minimum absolute atomic E-state index is 0.125. The summed E-state index contributed by atoms with van der Waals surface area (Å²) in [6, 6.07) is 7.19. The van der Waals surface area contributed by atoms with Gasteiger partial charge in [-0.05, 0) is 12.1 Å². The first-order valence-corrected chi connectivity index (χ1v) is 7.06. The average molecular weight is 299 g/mol. The van der Waals surface area contributed by atoms with Crippen LogP contribution >= 0.6 is 23.4 Å². The van der Waals surface area contributed by atoms with Gasteiger partial charge in [-0.25, -0.2) is 0 Å². The van der Waals surface area contributed by atoms with Gasteiger partial charge in [-0.3, -0.25) is 4.79 Å². The van der Waals surface area contributed by atoms with Gasteiger partial charge >= 0.3 is 5.97 Å². The van der Waals surface area contributed by atoms with E-state index in [1.807, 2.05) is 12.1 Å². The van der Waals surface area contributed by atoms with Gasteiger partial charge in [0.05, 0.1) is 12.2 Å². The summed E-state index contributed by atoms with van der Waals surface area (Å²) in [6.07, 6.45) is 0.125. The molecular formula is C12H11ClN2O3S. The Morgan fingerprint density at radius 1 is 1.47 bits per heavy atom. The Bertz CT molecular complexity index is 574. The van der Waals surface area contributed by atoms with E-state index in [-0.39, 0.29) is 6.42 Å². The zero-order valence-corrected chi connectivity index (χ0v) is 11.4. The molecule has 2 rings (SSSR count). The minimum Gasteiger partial charge on any atom is -0.481 e. The summed E-state index contributed by atoms with van der Waals surface area (Å²) in [6.45, 7) is 0. The van der Waals surface area contributed by atoms with Crippen molar-refractivity contribution in [3.63, 3.8) is 0 Å². The van der Waals surface area contributed by atoms with E-state index in [1.165, 1.54) is 11.8 Å². The third-order valence-electron chi connectivity index (χ3n) is 2.24. The predicted octanol–water partition coefficient (Wildman–Crippen LogP) is 3.10. The quantitative estimate of drug-likeness (QED) is 0.826. The van der Waals surface area contributed by atoms with Crippen molar-refractivity contribution in [2.75, 3.05) is 5.75 Å². The van der Waals surface area contributed by atoms with Crippen LogP contribution in [-0.4, -0.2) is 27.0 Å². The number of rotatable bonds is 6. The number of carboxylic acids is 1. The van der Waals surface area contributed by atoms with E-state index in [9.17, 15) is 4.79 Å². The van der Waals surface area contributed by atoms with Crippen LogP contribution in [0.4, 0.5) is 0 Å². The van der Waals surface area contributed by atoms with Crippen molar-refractivity contribution in [2.45, 2.75) is 12.2 Å². The molecule has 5 nitrogen and oxygen atoms in total. The predicted molar refractivity (Wildman–Crippen MR) is 73.2 cm³/mol. The van der Waals surface area contributed by atoms with Crippen molar-refractivity contribution in [2.24, 2.45) is 0 Å². The number of hydrogen-bond donors (Lipinski definition) is 1. The van der Waals surface area contributed by atoms with E-state index < -0.39 is 5.97 Å². The fourth-order valence-electron chi connectivity index (χ4n) is 1.38. The lowest BCUT2D eigenvalue weighted by molar-refractivity contribution is -0.136. The molecule has 0 bridgehead atoms. The Morgan fingerprint density at radius 3 is 3.05 bits per heavy atom. The molecule has 0 saturated heterocycles. The molecule has 0 aliphatic carbocycles. The molecule has 0 saturated carbocycles. The minimum atomic E-state index is -0.808. The highest BCUT2D eigenvalue weighted by Gasteiger charge is 2.09. The van der Waals surface area contributed by atoms with E-state index in [1.54, 1.807) is 12.1 Å². The van der Waals surface area contributed by atoms with Gasteiger partial charge in [0, 0.05) is 16.3 Å². The van der Waals surface area contributed by atoms with E-state index >= 15 is 0 Å². The van der Waals surface area contributed by atoms with Crippen LogP contribution in [0.2, 0.25) is 5.02 Å². The summed E-state index contributed by atoms with van der Waals surface area (Å²) in [5.41, 5.74) is 0.790. The first-order chi connectivity index (χ1) is 9.15. The van der Waals surface area contributed by atoms with Crippen molar-refractivity contribution in [1.82, 2.24) is 10.1 Å². The molecule has 0 amide bonds. The topological polar surface area (TPSA) is 76.2 Å². The van der Waals surface area contributed by atoms with Crippen LogP contribution in [0.25, 0.3) is 11.4 Å². The van der Waals surface area contributed by atoms with Crippen molar-refractivity contribution in [3.8, 4) is 11.4 Å². The summed E-state index contributed by atoms with van der Waals surface area (Å²) in [5.74, 6) is 1.17. The Labute approximate surface area is 119 Å². The molecule has 0 unspecified atom stereocenters. The fourth-order valence-corrected chi connectivity index (χ4v) is 2.32. The van der Waals surface area contributed by atoms with Crippen LogP contribution in [-0.2, 0) is 10.5 Å². The largest absolute Gasteiger partial charge is 0.481 e. The molecule has 100 valence electrons. The molecule has 0 radical (unpaired) electrons. The highest BCUT2D eigenvalue weighted by molar-refractivity contribution is 7.98. The second-order valence-corrected chi connectivity index (χ2v) is 5.26. The van der Waals surface area contributed by atoms with Gasteiger partial charge in [0.15, 0.2) is 0 Å². The maximum Gasteiger partial charge on any atom is 0.304 e. The van der Waals surface area contributed by atoms with Crippen LogP contribution in [0.5, 0.6) is 0 Å². The van der Waals surface area contributed by atoms with E-state index in [0.717, 1.165) is 5.56 Å². The molecule has 0 spiro atoms. The molecule has 0 aliphatic rings. The molecule has 0 fully saturated rings. The van der Waals surface area contributed by atoms with E-state index in [2.05, 4.69) is 10.1 Å². The van der Waals surface area contributed by atoms with Crippen LogP contribution < -0.4 is 0 Å². The normalized spacial score (nSPS) is 10.6. The van der Waals surface area contributed by atoms with Crippen molar-refractivity contribution < 1.29 is 14.4 Å². The molecule has 1 heterocycles. The second kappa shape index (κ2) is 6.58. The lowest BCUT2D eigenvalue weighted by Crippen LogP contribution is -1.96. The van der Waals surface area contributed by atoms with Gasteiger partial charge in [-0.1, -0.05) is 28.9 Å². The van der Waals surface area contributed by atoms with Gasteiger partial charge in [-0.15, -0.1) is 0 Å². The Morgan fingerprint density at radius 2 is 2.32 bits per heavy atom. The van der Waals surface area contributed by atoms with Crippen LogP contribution in [0.3, 0.4) is 0 Å². The maximum absolute atomic E-state index is 10.4. The summed E-state index contributed by atoms with van der Waals surface area (Å²) in [7, 11) is 0. The van der Waals surface area contributed by atoms with Crippen molar-refractivity contribution in [1.29, 1.82) is 0 Å². The van der Waals surface area contributed by atoms with Crippen LogP contribution in [0, 0.1) is 0 Å². The molecule has 7 heteroatoms. The highest BCUT2D eigenvalue weighted by Crippen LogP contribution is 2.21. The summed E-state index contributed by atoms with van der Waals surface area (Å²) >= 11 is 7.33. The molecule has 0 aliphatic heterocycles. The van der Waals surface area contributed by atoms with Gasteiger partial charge in [-0.2, -0.15) is 16.7 Å². The van der Waals surface area contributed by atoms with Crippen LogP contribution in [0.15, 0.2) is 28.8 Å². The number of carbonyl (C=O) groups is 1. The number of carboxylic acid groups (broad SMARTS) is 1. The zero-order valence-electron chi connectivity index (χ0n) is 9.88. The SMILES string of the molecule is O=C(O)CCSCc1nc(-c2cccc(Cl)c2)no1. The first-order valence-electron chi connectivity index (χ1n) is 5.53. The van der Waals surface area contributed by atoms with E-state index in [0.29, 0.717) is 28.2 Å². The third kappa shape index (κ3) is 4.25. The monoisotopic (exact) mass is 298 g/mol. The summed E-state index contributed by atoms with van der Waals surface area (Å²) in [5, 5.41) is 13.0. The third-order valence-corrected chi connectivity index (χ3v) is 3.42. The Balaban J connectivity index is 1.94. The first kappa shape index (κ1) is 13.9. The lowest BCUT2D eigenvalue weighted by Gasteiger charge is -1.94. The number of hydrogen-bond acceptors (Lipinski definition) is 5. The zero-order chi connectivity index (χ0) is 13.7. The fraction of sp³-hybridized carbons (Fsp3) is 0.250. The number of benzene rings is 1. The number of halogens is 1. The van der Waals surface area contributed by atoms with E-state index in [4.69, 9.17) is 21.2 Å². The van der Waals surface area contributed by atoms with Crippen LogP contribution in [0.1, 0.15) is 12.3 Å². The number of nitrogens with zero attached hydrogens (tertiary/aromatic N) is 2.